The molecule has 0 saturated carbocycles. The third kappa shape index (κ3) is 1.05. The first kappa shape index (κ1) is 7.22. The van der Waals surface area contributed by atoms with Crippen LogP contribution in [0, 0.1) is 0 Å². The van der Waals surface area contributed by atoms with Gasteiger partial charge in [-0.2, -0.15) is 0 Å². The number of fused-ring (bicyclic) bond motifs is 1. The number of aryl methyl sites for hydroxylation is 1. The number of nitrogen functional groups attached to an aromatic ring is 1. The lowest BCUT2D eigenvalue weighted by atomic mass is 10.1. The van der Waals surface area contributed by atoms with E-state index in [1.54, 1.807) is 0 Å². The quantitative estimate of drug-likeness (QED) is 0.660. The molecule has 0 atom stereocenters. The van der Waals surface area contributed by atoms with Gasteiger partial charge >= 0.3 is 0 Å². The lowest BCUT2D eigenvalue weighted by Gasteiger charge is -1.94. The molecule has 0 amide bonds. The second kappa shape index (κ2) is 2.55. The molecule has 12 heavy (non-hydrogen) atoms. The fraction of sp³-hybridized carbons (Fsp3) is 0.200. The van der Waals surface area contributed by atoms with Crippen molar-refractivity contribution in [2.45, 2.75) is 13.3 Å². The van der Waals surface area contributed by atoms with E-state index in [-0.39, 0.29) is 0 Å². The maximum atomic E-state index is 5.63. The molecule has 2 heteroatoms. The number of hydrogen-bond acceptors (Lipinski definition) is 1. The van der Waals surface area contributed by atoms with E-state index in [4.69, 9.17) is 5.73 Å². The fourth-order valence-electron chi connectivity index (χ4n) is 1.42. The van der Waals surface area contributed by atoms with Gasteiger partial charge in [0, 0.05) is 10.9 Å². The molecule has 0 aliphatic heterocycles. The smallest absolute Gasteiger partial charge is 0.101 e. The Hall–Kier alpha value is -1.44. The summed E-state index contributed by atoms with van der Waals surface area (Å²) in [6.45, 7) is 2.15. The van der Waals surface area contributed by atoms with Gasteiger partial charge in [0.05, 0.1) is 0 Å². The van der Waals surface area contributed by atoms with Crippen molar-refractivity contribution in [2.75, 3.05) is 5.73 Å². The van der Waals surface area contributed by atoms with Crippen LogP contribution in [-0.4, -0.2) is 4.98 Å². The molecule has 0 aliphatic carbocycles. The van der Waals surface area contributed by atoms with E-state index in [2.05, 4.69) is 30.1 Å². The van der Waals surface area contributed by atoms with Crippen LogP contribution in [0.5, 0.6) is 0 Å². The van der Waals surface area contributed by atoms with Crippen molar-refractivity contribution in [3.63, 3.8) is 0 Å². The highest BCUT2D eigenvalue weighted by Crippen LogP contribution is 2.18. The minimum atomic E-state index is 0.734. The topological polar surface area (TPSA) is 41.8 Å². The molecule has 0 unspecified atom stereocenters. The van der Waals surface area contributed by atoms with Crippen LogP contribution in [0.25, 0.3) is 10.9 Å². The molecule has 3 N–H and O–H groups in total. The average molecular weight is 160 g/mol. The molecule has 1 aromatic heterocycles. The third-order valence-electron chi connectivity index (χ3n) is 2.12. The molecule has 1 aromatic carbocycles. The Bertz CT molecular complexity index is 401. The first-order chi connectivity index (χ1) is 5.79. The van der Waals surface area contributed by atoms with Gasteiger partial charge in [0.15, 0.2) is 0 Å². The summed E-state index contributed by atoms with van der Waals surface area (Å²) in [5.74, 6) is 0.734. The van der Waals surface area contributed by atoms with Crippen LogP contribution in [0.3, 0.4) is 0 Å². The van der Waals surface area contributed by atoms with Gasteiger partial charge < -0.3 is 10.7 Å². The zero-order valence-electron chi connectivity index (χ0n) is 7.09. The van der Waals surface area contributed by atoms with E-state index >= 15 is 0 Å². The van der Waals surface area contributed by atoms with Crippen LogP contribution in [0.1, 0.15) is 12.5 Å². The van der Waals surface area contributed by atoms with E-state index in [9.17, 15) is 0 Å². The van der Waals surface area contributed by atoms with Crippen LogP contribution < -0.4 is 5.73 Å². The molecule has 1 heterocycles. The molecular weight excluding hydrogens is 148 g/mol. The van der Waals surface area contributed by atoms with Gasteiger partial charge in [-0.25, -0.2) is 0 Å². The van der Waals surface area contributed by atoms with Gasteiger partial charge in [0.25, 0.3) is 0 Å². The molecule has 0 aliphatic rings. The number of rotatable bonds is 1. The van der Waals surface area contributed by atoms with Crippen molar-refractivity contribution in [1.82, 2.24) is 4.98 Å². The van der Waals surface area contributed by atoms with Crippen molar-refractivity contribution in [1.29, 1.82) is 0 Å². The summed E-state index contributed by atoms with van der Waals surface area (Å²) in [4.78, 5) is 3.11. The van der Waals surface area contributed by atoms with E-state index in [0.717, 1.165) is 17.8 Å². The SMILES string of the molecule is CCc1ccc2cc(N)[nH]c2c1. The number of hydrogen-bond donors (Lipinski definition) is 2. The number of benzene rings is 1. The van der Waals surface area contributed by atoms with E-state index in [1.165, 1.54) is 10.9 Å². The van der Waals surface area contributed by atoms with E-state index in [0.29, 0.717) is 0 Å². The predicted octanol–water partition coefficient (Wildman–Crippen LogP) is 2.31. The minimum Gasteiger partial charge on any atom is -0.385 e. The molecule has 2 nitrogen and oxygen atoms in total. The second-order valence-corrected chi connectivity index (χ2v) is 3.00. The molecule has 0 bridgehead atoms. The van der Waals surface area contributed by atoms with Crippen molar-refractivity contribution in [2.24, 2.45) is 0 Å². The number of H-pyrrole nitrogens is 1. The summed E-state index contributed by atoms with van der Waals surface area (Å²) >= 11 is 0. The van der Waals surface area contributed by atoms with Crippen LogP contribution in [-0.2, 0) is 6.42 Å². The van der Waals surface area contributed by atoms with E-state index in [1.807, 2.05) is 6.07 Å². The second-order valence-electron chi connectivity index (χ2n) is 3.00. The molecule has 0 spiro atoms. The highest BCUT2D eigenvalue weighted by Gasteiger charge is 1.97. The van der Waals surface area contributed by atoms with Crippen molar-refractivity contribution >= 4 is 16.7 Å². The van der Waals surface area contributed by atoms with Crippen molar-refractivity contribution < 1.29 is 0 Å². The summed E-state index contributed by atoms with van der Waals surface area (Å²) < 4.78 is 0. The molecule has 0 fully saturated rings. The van der Waals surface area contributed by atoms with Gasteiger partial charge in [-0.3, -0.25) is 0 Å². The van der Waals surface area contributed by atoms with E-state index < -0.39 is 0 Å². The molecular formula is C10H12N2. The Morgan fingerprint density at radius 1 is 1.33 bits per heavy atom. The fourth-order valence-corrected chi connectivity index (χ4v) is 1.42. The number of nitrogens with one attached hydrogen (secondary N) is 1. The number of aromatic nitrogens is 1. The Morgan fingerprint density at radius 2 is 2.17 bits per heavy atom. The number of anilines is 1. The van der Waals surface area contributed by atoms with Gasteiger partial charge in [-0.15, -0.1) is 0 Å². The van der Waals surface area contributed by atoms with Crippen molar-refractivity contribution in [3.8, 4) is 0 Å². The maximum Gasteiger partial charge on any atom is 0.101 e. The standard InChI is InChI=1S/C10H12N2/c1-2-7-3-4-8-6-10(11)12-9(8)5-7/h3-6,12H,2,11H2,1H3. The van der Waals surface area contributed by atoms with Crippen LogP contribution >= 0.6 is 0 Å². The van der Waals surface area contributed by atoms with Gasteiger partial charge in [-0.05, 0) is 24.1 Å². The van der Waals surface area contributed by atoms with Crippen LogP contribution in [0.2, 0.25) is 0 Å². The summed E-state index contributed by atoms with van der Waals surface area (Å²) in [6, 6.07) is 8.33. The zero-order valence-corrected chi connectivity index (χ0v) is 7.09. The normalized spacial score (nSPS) is 10.8. The summed E-state index contributed by atoms with van der Waals surface area (Å²) in [5, 5.41) is 1.18. The predicted molar refractivity (Wildman–Crippen MR) is 52.1 cm³/mol. The molecule has 2 aromatic rings. The Balaban J connectivity index is 2.66. The summed E-state index contributed by atoms with van der Waals surface area (Å²) in [5.41, 5.74) is 8.10. The third-order valence-corrected chi connectivity index (χ3v) is 2.12. The van der Waals surface area contributed by atoms with Gasteiger partial charge in [-0.1, -0.05) is 19.1 Å². The Morgan fingerprint density at radius 3 is 2.92 bits per heavy atom. The van der Waals surface area contributed by atoms with Crippen LogP contribution in [0.15, 0.2) is 24.3 Å². The lowest BCUT2D eigenvalue weighted by Crippen LogP contribution is -1.81. The maximum absolute atomic E-state index is 5.63. The summed E-state index contributed by atoms with van der Waals surface area (Å²) in [7, 11) is 0. The van der Waals surface area contributed by atoms with Gasteiger partial charge in [0.1, 0.15) is 5.82 Å². The van der Waals surface area contributed by atoms with Crippen molar-refractivity contribution in [3.05, 3.63) is 29.8 Å². The Labute approximate surface area is 71.4 Å². The molecule has 62 valence electrons. The lowest BCUT2D eigenvalue weighted by molar-refractivity contribution is 1.14. The zero-order chi connectivity index (χ0) is 8.55. The molecule has 0 radical (unpaired) electrons. The minimum absolute atomic E-state index is 0.734. The first-order valence-electron chi connectivity index (χ1n) is 4.16. The number of aromatic amines is 1. The average Bonchev–Trinajstić information content (AvgIpc) is 2.43. The monoisotopic (exact) mass is 160 g/mol. The largest absolute Gasteiger partial charge is 0.385 e. The first-order valence-corrected chi connectivity index (χ1v) is 4.16. The van der Waals surface area contributed by atoms with Crippen LogP contribution in [0.4, 0.5) is 5.82 Å². The highest BCUT2D eigenvalue weighted by atomic mass is 14.8. The summed E-state index contributed by atoms with van der Waals surface area (Å²) in [6.07, 6.45) is 1.06. The number of nitrogens with two attached hydrogens (primary N) is 1. The Kier molecular flexibility index (Phi) is 1.54. The van der Waals surface area contributed by atoms with Gasteiger partial charge in [0.2, 0.25) is 0 Å². The highest BCUT2D eigenvalue weighted by molar-refractivity contribution is 5.83. The molecule has 2 rings (SSSR count). The molecule has 0 saturated heterocycles.